The molecule has 5 heteroatoms. The van der Waals surface area contributed by atoms with Gasteiger partial charge < -0.3 is 15.1 Å². The molecule has 1 rings (SSSR count). The van der Waals surface area contributed by atoms with E-state index in [1.807, 2.05) is 20.2 Å². The summed E-state index contributed by atoms with van der Waals surface area (Å²) in [6.07, 6.45) is 1.76. The Labute approximate surface area is 91.1 Å². The number of nitrogens with one attached hydrogen (secondary N) is 1. The molecule has 0 aromatic carbocycles. The van der Waals surface area contributed by atoms with Crippen molar-refractivity contribution in [3.63, 3.8) is 0 Å². The number of nitrogens with zero attached hydrogens (tertiary/aromatic N) is 4. The number of likely N-dealkylation sites (N-methyl/N-ethyl adjacent to an activating group) is 2. The zero-order valence-corrected chi connectivity index (χ0v) is 9.86. The molecule has 5 nitrogen and oxygen atoms in total. The van der Waals surface area contributed by atoms with Crippen LogP contribution in [0.5, 0.6) is 0 Å². The average Bonchev–Trinajstić information content (AvgIpc) is 2.26. The van der Waals surface area contributed by atoms with Gasteiger partial charge in [-0.05, 0) is 20.2 Å². The lowest BCUT2D eigenvalue weighted by atomic mass is 10.4. The highest BCUT2D eigenvalue weighted by molar-refractivity contribution is 5.41. The van der Waals surface area contributed by atoms with Gasteiger partial charge in [0, 0.05) is 33.4 Å². The first-order chi connectivity index (χ1) is 7.13. The third kappa shape index (κ3) is 3.71. The van der Waals surface area contributed by atoms with Gasteiger partial charge >= 0.3 is 0 Å². The van der Waals surface area contributed by atoms with Crippen molar-refractivity contribution < 1.29 is 0 Å². The molecule has 1 aromatic rings. The number of anilines is 2. The Hall–Kier alpha value is -1.36. The van der Waals surface area contributed by atoms with Gasteiger partial charge in [0.2, 0.25) is 5.95 Å². The summed E-state index contributed by atoms with van der Waals surface area (Å²) in [7, 11) is 7.98. The van der Waals surface area contributed by atoms with Crippen LogP contribution in [0.25, 0.3) is 0 Å². The van der Waals surface area contributed by atoms with Gasteiger partial charge in [-0.25, -0.2) is 4.98 Å². The molecule has 0 amide bonds. The summed E-state index contributed by atoms with van der Waals surface area (Å²) in [5, 5.41) is 2.93. The minimum atomic E-state index is 0.657. The highest BCUT2D eigenvalue weighted by Gasteiger charge is 2.03. The molecule has 0 atom stereocenters. The minimum absolute atomic E-state index is 0.657. The van der Waals surface area contributed by atoms with E-state index < -0.39 is 0 Å². The minimum Gasteiger partial charge on any atom is -0.358 e. The Bertz CT molecular complexity index is 300. The standard InChI is InChI=1S/C10H19N5/c1-11-10-12-6-5-9(13-10)15(4)8-7-14(2)3/h5-6H,7-8H2,1-4H3,(H,11,12,13). The van der Waals surface area contributed by atoms with E-state index >= 15 is 0 Å². The maximum Gasteiger partial charge on any atom is 0.224 e. The van der Waals surface area contributed by atoms with Crippen molar-refractivity contribution in [1.29, 1.82) is 0 Å². The molecule has 1 heterocycles. The first-order valence-electron chi connectivity index (χ1n) is 5.00. The van der Waals surface area contributed by atoms with Crippen LogP contribution in [-0.4, -0.2) is 56.1 Å². The molecule has 0 radical (unpaired) electrons. The van der Waals surface area contributed by atoms with Crippen LogP contribution in [-0.2, 0) is 0 Å². The molecular formula is C10H19N5. The predicted octanol–water partition coefficient (Wildman–Crippen LogP) is 0.516. The lowest BCUT2D eigenvalue weighted by molar-refractivity contribution is 0.416. The predicted molar refractivity (Wildman–Crippen MR) is 63.4 cm³/mol. The fourth-order valence-corrected chi connectivity index (χ4v) is 1.15. The van der Waals surface area contributed by atoms with E-state index in [0.29, 0.717) is 5.95 Å². The van der Waals surface area contributed by atoms with Crippen LogP contribution in [0, 0.1) is 0 Å². The molecular weight excluding hydrogens is 190 g/mol. The van der Waals surface area contributed by atoms with E-state index in [0.717, 1.165) is 18.9 Å². The molecule has 0 bridgehead atoms. The van der Waals surface area contributed by atoms with Gasteiger partial charge in [-0.2, -0.15) is 4.98 Å². The fraction of sp³-hybridized carbons (Fsp3) is 0.600. The lowest BCUT2D eigenvalue weighted by Gasteiger charge is -2.20. The van der Waals surface area contributed by atoms with Crippen LogP contribution in [0.2, 0.25) is 0 Å². The second-order valence-electron chi connectivity index (χ2n) is 3.71. The van der Waals surface area contributed by atoms with Gasteiger partial charge in [-0.1, -0.05) is 0 Å². The molecule has 0 aliphatic heterocycles. The molecule has 0 aliphatic rings. The first kappa shape index (κ1) is 11.7. The summed E-state index contributed by atoms with van der Waals surface area (Å²) in [5.74, 6) is 1.60. The van der Waals surface area contributed by atoms with Gasteiger partial charge in [-0.3, -0.25) is 0 Å². The van der Waals surface area contributed by atoms with Crippen LogP contribution >= 0.6 is 0 Å². The molecule has 15 heavy (non-hydrogen) atoms. The molecule has 0 saturated heterocycles. The van der Waals surface area contributed by atoms with Crippen molar-refractivity contribution in [2.45, 2.75) is 0 Å². The molecule has 0 saturated carbocycles. The molecule has 0 fully saturated rings. The van der Waals surface area contributed by atoms with E-state index in [-0.39, 0.29) is 0 Å². The van der Waals surface area contributed by atoms with Crippen LogP contribution in [0.1, 0.15) is 0 Å². The van der Waals surface area contributed by atoms with E-state index in [1.54, 1.807) is 6.20 Å². The quantitative estimate of drug-likeness (QED) is 0.765. The number of rotatable bonds is 5. The van der Waals surface area contributed by atoms with Crippen LogP contribution in [0.4, 0.5) is 11.8 Å². The largest absolute Gasteiger partial charge is 0.358 e. The summed E-state index contributed by atoms with van der Waals surface area (Å²) in [5.41, 5.74) is 0. The Morgan fingerprint density at radius 1 is 1.27 bits per heavy atom. The first-order valence-corrected chi connectivity index (χ1v) is 5.00. The fourth-order valence-electron chi connectivity index (χ4n) is 1.15. The van der Waals surface area contributed by atoms with Gasteiger partial charge in [-0.15, -0.1) is 0 Å². The Kier molecular flexibility index (Phi) is 4.30. The summed E-state index contributed by atoms with van der Waals surface area (Å²) in [4.78, 5) is 12.7. The van der Waals surface area contributed by atoms with Crippen molar-refractivity contribution >= 4 is 11.8 Å². The van der Waals surface area contributed by atoms with Gasteiger partial charge in [0.15, 0.2) is 0 Å². The van der Waals surface area contributed by atoms with Gasteiger partial charge in [0.1, 0.15) is 5.82 Å². The van der Waals surface area contributed by atoms with Crippen LogP contribution in [0.15, 0.2) is 12.3 Å². The molecule has 1 N–H and O–H groups in total. The average molecular weight is 209 g/mol. The molecule has 0 aliphatic carbocycles. The van der Waals surface area contributed by atoms with Crippen molar-refractivity contribution in [2.75, 3.05) is 51.5 Å². The Morgan fingerprint density at radius 3 is 2.60 bits per heavy atom. The van der Waals surface area contributed by atoms with Gasteiger partial charge in [0.25, 0.3) is 0 Å². The third-order valence-electron chi connectivity index (χ3n) is 2.14. The second-order valence-corrected chi connectivity index (χ2v) is 3.71. The van der Waals surface area contributed by atoms with Crippen molar-refractivity contribution in [3.8, 4) is 0 Å². The van der Waals surface area contributed by atoms with Gasteiger partial charge in [0.05, 0.1) is 0 Å². The Balaban J connectivity index is 2.60. The van der Waals surface area contributed by atoms with E-state index in [1.165, 1.54) is 0 Å². The molecule has 0 unspecified atom stereocenters. The smallest absolute Gasteiger partial charge is 0.224 e. The number of hydrogen-bond donors (Lipinski definition) is 1. The second kappa shape index (κ2) is 5.50. The number of hydrogen-bond acceptors (Lipinski definition) is 5. The zero-order chi connectivity index (χ0) is 11.3. The molecule has 84 valence electrons. The summed E-state index contributed by atoms with van der Waals surface area (Å²) < 4.78 is 0. The van der Waals surface area contributed by atoms with E-state index in [4.69, 9.17) is 0 Å². The summed E-state index contributed by atoms with van der Waals surface area (Å²) in [6.45, 7) is 1.96. The summed E-state index contributed by atoms with van der Waals surface area (Å²) in [6, 6.07) is 1.91. The highest BCUT2D eigenvalue weighted by atomic mass is 15.2. The third-order valence-corrected chi connectivity index (χ3v) is 2.14. The summed E-state index contributed by atoms with van der Waals surface area (Å²) >= 11 is 0. The van der Waals surface area contributed by atoms with Crippen molar-refractivity contribution in [3.05, 3.63) is 12.3 Å². The maximum atomic E-state index is 4.35. The highest BCUT2D eigenvalue weighted by Crippen LogP contribution is 2.09. The monoisotopic (exact) mass is 209 g/mol. The normalized spacial score (nSPS) is 10.5. The van der Waals surface area contributed by atoms with Crippen molar-refractivity contribution in [2.24, 2.45) is 0 Å². The maximum absolute atomic E-state index is 4.35. The van der Waals surface area contributed by atoms with Crippen molar-refractivity contribution in [1.82, 2.24) is 14.9 Å². The molecule has 1 aromatic heterocycles. The zero-order valence-electron chi connectivity index (χ0n) is 9.86. The van der Waals surface area contributed by atoms with E-state index in [9.17, 15) is 0 Å². The Morgan fingerprint density at radius 2 is 2.00 bits per heavy atom. The molecule has 0 spiro atoms. The lowest BCUT2D eigenvalue weighted by Crippen LogP contribution is -2.29. The topological polar surface area (TPSA) is 44.3 Å². The van der Waals surface area contributed by atoms with E-state index in [2.05, 4.69) is 39.2 Å². The SMILES string of the molecule is CNc1nccc(N(C)CCN(C)C)n1. The van der Waals surface area contributed by atoms with Crippen LogP contribution < -0.4 is 10.2 Å². The van der Waals surface area contributed by atoms with Crippen LogP contribution in [0.3, 0.4) is 0 Å². The number of aromatic nitrogens is 2.